The second-order valence-corrected chi connectivity index (χ2v) is 18.1. The number of anilines is 3. The summed E-state index contributed by atoms with van der Waals surface area (Å²) in [6.07, 6.45) is 0. The van der Waals surface area contributed by atoms with Crippen LogP contribution in [0.2, 0.25) is 0 Å². The molecule has 0 saturated heterocycles. The van der Waals surface area contributed by atoms with E-state index in [1.54, 1.807) is 0 Å². The molecule has 64 heavy (non-hydrogen) atoms. The van der Waals surface area contributed by atoms with Gasteiger partial charge in [0.2, 0.25) is 0 Å². The van der Waals surface area contributed by atoms with Crippen LogP contribution in [0.5, 0.6) is 0 Å². The lowest BCUT2D eigenvalue weighted by Crippen LogP contribution is -2.16. The maximum absolute atomic E-state index is 2.49. The van der Waals surface area contributed by atoms with Gasteiger partial charge in [-0.15, -0.1) is 0 Å². The van der Waals surface area contributed by atoms with Crippen LogP contribution in [-0.2, 0) is 5.41 Å². The maximum Gasteiger partial charge on any atom is 0.0553 e. The molecule has 300 valence electrons. The monoisotopic (exact) mass is 815 g/mol. The van der Waals surface area contributed by atoms with Crippen LogP contribution in [0.3, 0.4) is 0 Å². The van der Waals surface area contributed by atoms with Crippen LogP contribution in [0.4, 0.5) is 17.1 Å². The number of benzene rings is 10. The maximum atomic E-state index is 2.49. The summed E-state index contributed by atoms with van der Waals surface area (Å²) in [5, 5.41) is 7.87. The predicted molar refractivity (Wildman–Crippen MR) is 269 cm³/mol. The van der Waals surface area contributed by atoms with Crippen LogP contribution < -0.4 is 4.90 Å². The van der Waals surface area contributed by atoms with E-state index in [4.69, 9.17) is 0 Å². The first-order chi connectivity index (χ1) is 31.5. The van der Waals surface area contributed by atoms with Gasteiger partial charge in [0.05, 0.1) is 22.1 Å². The van der Waals surface area contributed by atoms with Crippen molar-refractivity contribution in [1.29, 1.82) is 0 Å². The van der Waals surface area contributed by atoms with Gasteiger partial charge in [0.25, 0.3) is 0 Å². The van der Waals surface area contributed by atoms with E-state index in [2.05, 4.69) is 240 Å². The number of nitrogens with zero attached hydrogens (tertiary/aromatic N) is 3. The van der Waals surface area contributed by atoms with E-state index < -0.39 is 0 Å². The van der Waals surface area contributed by atoms with Gasteiger partial charge in [0.1, 0.15) is 0 Å². The fourth-order valence-corrected chi connectivity index (χ4v) is 11.6. The van der Waals surface area contributed by atoms with Crippen molar-refractivity contribution in [3.05, 3.63) is 223 Å². The second-order valence-electron chi connectivity index (χ2n) is 18.1. The summed E-state index contributed by atoms with van der Waals surface area (Å²) in [7, 11) is 0. The molecule has 0 spiro atoms. The Balaban J connectivity index is 0.997. The van der Waals surface area contributed by atoms with E-state index >= 15 is 0 Å². The lowest BCUT2D eigenvalue weighted by Gasteiger charge is -2.28. The summed E-state index contributed by atoms with van der Waals surface area (Å²) >= 11 is 0. The molecule has 14 rings (SSSR count). The molecular formula is C61H41N3. The van der Waals surface area contributed by atoms with Gasteiger partial charge < -0.3 is 14.0 Å². The Morgan fingerprint density at radius 2 is 0.875 bits per heavy atom. The van der Waals surface area contributed by atoms with Crippen LogP contribution >= 0.6 is 0 Å². The van der Waals surface area contributed by atoms with E-state index in [0.717, 1.165) is 22.7 Å². The van der Waals surface area contributed by atoms with Gasteiger partial charge in [0, 0.05) is 60.8 Å². The molecule has 0 saturated carbocycles. The van der Waals surface area contributed by atoms with E-state index in [1.807, 2.05) is 0 Å². The Labute approximate surface area is 371 Å². The van der Waals surface area contributed by atoms with Crippen molar-refractivity contribution in [3.8, 4) is 44.8 Å². The number of aromatic nitrogens is 2. The van der Waals surface area contributed by atoms with E-state index in [-0.39, 0.29) is 5.41 Å². The smallest absolute Gasteiger partial charge is 0.0553 e. The number of fused-ring (bicyclic) bond motifs is 4. The third kappa shape index (κ3) is 4.76. The number of hydrogen-bond acceptors (Lipinski definition) is 1. The highest BCUT2D eigenvalue weighted by molar-refractivity contribution is 6.39. The fourth-order valence-electron chi connectivity index (χ4n) is 11.6. The summed E-state index contributed by atoms with van der Waals surface area (Å²) < 4.78 is 4.96. The van der Waals surface area contributed by atoms with Crippen molar-refractivity contribution in [1.82, 2.24) is 9.13 Å². The van der Waals surface area contributed by atoms with Gasteiger partial charge in [0.15, 0.2) is 0 Å². The number of para-hydroxylation sites is 3. The van der Waals surface area contributed by atoms with Crippen molar-refractivity contribution in [2.75, 3.05) is 4.90 Å². The molecule has 0 aliphatic heterocycles. The minimum Gasteiger partial charge on any atom is -0.310 e. The average molecular weight is 816 g/mol. The Morgan fingerprint density at radius 1 is 0.328 bits per heavy atom. The van der Waals surface area contributed by atoms with Crippen molar-refractivity contribution in [2.45, 2.75) is 19.3 Å². The zero-order valence-corrected chi connectivity index (χ0v) is 35.5. The minimum absolute atomic E-state index is 0.0956. The molecule has 0 fully saturated rings. The summed E-state index contributed by atoms with van der Waals surface area (Å²) in [5.74, 6) is 0. The molecule has 3 heteroatoms. The van der Waals surface area contributed by atoms with Crippen LogP contribution in [0.1, 0.15) is 25.0 Å². The quantitative estimate of drug-likeness (QED) is 0.163. The third-order valence-corrected chi connectivity index (χ3v) is 14.4. The molecule has 0 bridgehead atoms. The summed E-state index contributed by atoms with van der Waals surface area (Å²) in [4.78, 5) is 2.40. The van der Waals surface area contributed by atoms with Crippen LogP contribution in [0, 0.1) is 0 Å². The third-order valence-electron chi connectivity index (χ3n) is 14.4. The molecule has 2 aliphatic rings. The number of rotatable bonds is 6. The van der Waals surface area contributed by atoms with E-state index in [9.17, 15) is 0 Å². The molecule has 2 heterocycles. The molecule has 12 aromatic rings. The van der Waals surface area contributed by atoms with Gasteiger partial charge in [-0.25, -0.2) is 0 Å². The summed E-state index contributed by atoms with van der Waals surface area (Å²) in [5.41, 5.74) is 20.9. The van der Waals surface area contributed by atoms with Gasteiger partial charge in [-0.2, -0.15) is 0 Å². The molecule has 0 radical (unpaired) electrons. The molecule has 0 unspecified atom stereocenters. The molecule has 0 atom stereocenters. The van der Waals surface area contributed by atoms with Crippen molar-refractivity contribution in [3.63, 3.8) is 0 Å². The first-order valence-corrected chi connectivity index (χ1v) is 22.4. The van der Waals surface area contributed by atoms with E-state index in [1.165, 1.54) is 105 Å². The van der Waals surface area contributed by atoms with Crippen LogP contribution in [-0.4, -0.2) is 9.13 Å². The first kappa shape index (κ1) is 35.5. The van der Waals surface area contributed by atoms with Crippen LogP contribution in [0.15, 0.2) is 212 Å². The summed E-state index contributed by atoms with van der Waals surface area (Å²) in [6, 6.07) is 78.8. The van der Waals surface area contributed by atoms with Gasteiger partial charge in [-0.3, -0.25) is 0 Å². The molecule has 3 nitrogen and oxygen atoms in total. The van der Waals surface area contributed by atoms with Gasteiger partial charge in [-0.05, 0) is 141 Å². The minimum atomic E-state index is -0.0956. The number of hydrogen-bond donors (Lipinski definition) is 0. The molecular weight excluding hydrogens is 775 g/mol. The first-order valence-electron chi connectivity index (χ1n) is 22.4. The highest BCUT2D eigenvalue weighted by Gasteiger charge is 2.36. The lowest BCUT2D eigenvalue weighted by molar-refractivity contribution is 0.660. The van der Waals surface area contributed by atoms with Crippen LogP contribution in [0.25, 0.3) is 99.1 Å². The Morgan fingerprint density at radius 3 is 1.58 bits per heavy atom. The molecule has 10 aromatic carbocycles. The van der Waals surface area contributed by atoms with Gasteiger partial charge in [-0.1, -0.05) is 135 Å². The topological polar surface area (TPSA) is 13.1 Å². The fraction of sp³-hybridized carbons (Fsp3) is 0.0492. The van der Waals surface area contributed by atoms with Gasteiger partial charge >= 0.3 is 0 Å². The Bertz CT molecular complexity index is 3890. The highest BCUT2D eigenvalue weighted by Crippen LogP contribution is 2.53. The predicted octanol–water partition coefficient (Wildman–Crippen LogP) is 16.5. The average Bonchev–Trinajstić information content (AvgIpc) is 3.92. The Hall–Kier alpha value is -8.14. The highest BCUT2D eigenvalue weighted by atomic mass is 15.1. The zero-order chi connectivity index (χ0) is 42.3. The molecule has 0 amide bonds. The standard InChI is InChI=1S/C61H41N3/c1-61(2)50-23-13-12-21-46(50)47-32-31-45(37-51(47)61)62(41-15-6-3-7-16-41)44-29-25-38(26-30-44)40-35-49-48-22-14-24-52-57(48)59-53(63(52)42-17-8-4-9-18-42)33-27-39-28-34-54-60(56(39)59)58(49)55(36-40)64(54)43-19-10-5-11-20-43/h3-37H,1-2H3. The lowest BCUT2D eigenvalue weighted by atomic mass is 9.82. The summed E-state index contributed by atoms with van der Waals surface area (Å²) in [6.45, 7) is 4.71. The largest absolute Gasteiger partial charge is 0.310 e. The zero-order valence-electron chi connectivity index (χ0n) is 35.5. The molecule has 2 aliphatic carbocycles. The molecule has 0 N–H and O–H groups in total. The molecule has 2 aromatic heterocycles. The van der Waals surface area contributed by atoms with Crippen molar-refractivity contribution >= 4 is 71.4 Å². The normalized spacial score (nSPS) is 13.3. The second kappa shape index (κ2) is 12.9. The Kier molecular flexibility index (Phi) is 7.17. The van der Waals surface area contributed by atoms with Crippen molar-refractivity contribution < 1.29 is 0 Å². The van der Waals surface area contributed by atoms with E-state index in [0.29, 0.717) is 0 Å². The van der Waals surface area contributed by atoms with Crippen molar-refractivity contribution in [2.24, 2.45) is 0 Å². The SMILES string of the molecule is CC1(C)c2ccccc2-c2ccc(N(c3ccccc3)c3ccc(-c4cc5c6c7c8c(ccc9c8c8c-5cccc8n9-c5ccccc5)ccc7n(-c5ccccc5)c6c4)cc3)cc21.